The Kier molecular flexibility index (Phi) is 4.14. The molecule has 3 heteroatoms. The summed E-state index contributed by atoms with van der Waals surface area (Å²) in [5.74, 6) is 0. The molecule has 1 N–H and O–H groups in total. The molecule has 0 amide bonds. The van der Waals surface area contributed by atoms with Crippen LogP contribution < -0.4 is 5.32 Å². The summed E-state index contributed by atoms with van der Waals surface area (Å²) >= 11 is 0. The molecular formula is C11H21N3. The minimum atomic E-state index is 1.03. The first-order chi connectivity index (χ1) is 6.70. The van der Waals surface area contributed by atoms with Gasteiger partial charge in [-0.25, -0.2) is 0 Å². The van der Waals surface area contributed by atoms with Gasteiger partial charge < -0.3 is 5.32 Å². The quantitative estimate of drug-likeness (QED) is 0.774. The molecule has 1 rings (SSSR count). The largest absolute Gasteiger partial charge is 0.319 e. The van der Waals surface area contributed by atoms with Gasteiger partial charge in [0.25, 0.3) is 0 Å². The molecule has 0 saturated carbocycles. The number of hydrogen-bond donors (Lipinski definition) is 1. The molecule has 1 aromatic rings. The fourth-order valence-corrected chi connectivity index (χ4v) is 1.78. The van der Waals surface area contributed by atoms with E-state index in [1.807, 2.05) is 7.05 Å². The maximum Gasteiger partial charge on any atom is 0.0628 e. The van der Waals surface area contributed by atoms with Gasteiger partial charge in [0.2, 0.25) is 0 Å². The topological polar surface area (TPSA) is 29.9 Å². The van der Waals surface area contributed by atoms with Gasteiger partial charge in [-0.2, -0.15) is 5.10 Å². The number of aromatic nitrogens is 2. The molecular weight excluding hydrogens is 174 g/mol. The summed E-state index contributed by atoms with van der Waals surface area (Å²) in [4.78, 5) is 0. The van der Waals surface area contributed by atoms with Crippen LogP contribution in [0.5, 0.6) is 0 Å². The van der Waals surface area contributed by atoms with E-state index < -0.39 is 0 Å². The van der Waals surface area contributed by atoms with Crippen molar-refractivity contribution in [2.75, 3.05) is 13.6 Å². The fourth-order valence-electron chi connectivity index (χ4n) is 1.78. The minimum absolute atomic E-state index is 1.03. The summed E-state index contributed by atoms with van der Waals surface area (Å²) in [7, 11) is 1.99. The summed E-state index contributed by atoms with van der Waals surface area (Å²) in [6, 6.07) is 0. The second kappa shape index (κ2) is 5.15. The molecule has 80 valence electrons. The molecule has 0 fully saturated rings. The fraction of sp³-hybridized carbons (Fsp3) is 0.727. The van der Waals surface area contributed by atoms with Gasteiger partial charge in [0.1, 0.15) is 0 Å². The van der Waals surface area contributed by atoms with E-state index in [4.69, 9.17) is 0 Å². The van der Waals surface area contributed by atoms with E-state index in [1.165, 1.54) is 17.0 Å². The maximum atomic E-state index is 4.54. The number of nitrogens with one attached hydrogen (secondary N) is 1. The van der Waals surface area contributed by atoms with Crippen molar-refractivity contribution in [1.82, 2.24) is 15.1 Å². The van der Waals surface area contributed by atoms with Crippen molar-refractivity contribution in [1.29, 1.82) is 0 Å². The normalized spacial score (nSPS) is 10.9. The highest BCUT2D eigenvalue weighted by Crippen LogP contribution is 2.13. The number of likely N-dealkylation sites (N-methyl/N-ethyl adjacent to an activating group) is 1. The van der Waals surface area contributed by atoms with Crippen LogP contribution in [0.25, 0.3) is 0 Å². The first-order valence-electron chi connectivity index (χ1n) is 5.38. The van der Waals surface area contributed by atoms with Gasteiger partial charge in [0.05, 0.1) is 5.69 Å². The second-order valence-corrected chi connectivity index (χ2v) is 3.73. The van der Waals surface area contributed by atoms with Gasteiger partial charge in [-0.1, -0.05) is 6.92 Å². The molecule has 0 bridgehead atoms. The van der Waals surface area contributed by atoms with Crippen LogP contribution in [0.15, 0.2) is 0 Å². The molecule has 14 heavy (non-hydrogen) atoms. The first kappa shape index (κ1) is 11.2. The van der Waals surface area contributed by atoms with E-state index in [-0.39, 0.29) is 0 Å². The lowest BCUT2D eigenvalue weighted by Gasteiger charge is -2.03. The van der Waals surface area contributed by atoms with Crippen molar-refractivity contribution in [2.24, 2.45) is 0 Å². The van der Waals surface area contributed by atoms with E-state index in [2.05, 4.69) is 35.9 Å². The van der Waals surface area contributed by atoms with Gasteiger partial charge in [-0.05, 0) is 45.8 Å². The van der Waals surface area contributed by atoms with Gasteiger partial charge >= 0.3 is 0 Å². The lowest BCUT2D eigenvalue weighted by molar-refractivity contribution is 0.582. The van der Waals surface area contributed by atoms with Crippen molar-refractivity contribution in [3.63, 3.8) is 0 Å². The van der Waals surface area contributed by atoms with Gasteiger partial charge in [-0.15, -0.1) is 0 Å². The number of aryl methyl sites for hydroxylation is 2. The average Bonchev–Trinajstić information content (AvgIpc) is 2.41. The summed E-state index contributed by atoms with van der Waals surface area (Å²) in [5.41, 5.74) is 3.93. The van der Waals surface area contributed by atoms with Crippen LogP contribution >= 0.6 is 0 Å². The van der Waals surface area contributed by atoms with Gasteiger partial charge in [-0.3, -0.25) is 4.68 Å². The molecule has 1 aromatic heterocycles. The molecule has 1 heterocycles. The third-order valence-corrected chi connectivity index (χ3v) is 2.59. The molecule has 0 unspecified atom stereocenters. The molecule has 0 aliphatic carbocycles. The van der Waals surface area contributed by atoms with Crippen molar-refractivity contribution in [3.05, 3.63) is 17.0 Å². The van der Waals surface area contributed by atoms with E-state index in [1.54, 1.807) is 0 Å². The van der Waals surface area contributed by atoms with E-state index in [0.717, 1.165) is 25.9 Å². The van der Waals surface area contributed by atoms with Crippen molar-refractivity contribution in [3.8, 4) is 0 Å². The zero-order chi connectivity index (χ0) is 10.6. The van der Waals surface area contributed by atoms with Crippen LogP contribution in [0, 0.1) is 13.8 Å². The lowest BCUT2D eigenvalue weighted by Crippen LogP contribution is -2.11. The molecule has 0 saturated heterocycles. The number of rotatable bonds is 5. The zero-order valence-electron chi connectivity index (χ0n) is 9.72. The van der Waals surface area contributed by atoms with E-state index in [0.29, 0.717) is 0 Å². The predicted octanol–water partition coefficient (Wildman–Crippen LogP) is 1.67. The zero-order valence-corrected chi connectivity index (χ0v) is 9.72. The van der Waals surface area contributed by atoms with Gasteiger partial charge in [0.15, 0.2) is 0 Å². The summed E-state index contributed by atoms with van der Waals surface area (Å²) in [6.45, 7) is 8.51. The van der Waals surface area contributed by atoms with Crippen molar-refractivity contribution < 1.29 is 0 Å². The number of nitrogens with zero attached hydrogens (tertiary/aromatic N) is 2. The maximum absolute atomic E-state index is 4.54. The molecule has 0 radical (unpaired) electrons. The molecule has 0 aliphatic rings. The third-order valence-electron chi connectivity index (χ3n) is 2.59. The first-order valence-corrected chi connectivity index (χ1v) is 5.38. The Morgan fingerprint density at radius 2 is 2.07 bits per heavy atom. The Balaban J connectivity index is 2.81. The molecule has 3 nitrogen and oxygen atoms in total. The van der Waals surface area contributed by atoms with Crippen LogP contribution in [0.2, 0.25) is 0 Å². The lowest BCUT2D eigenvalue weighted by atomic mass is 10.1. The Bertz CT molecular complexity index is 289. The SMILES string of the molecule is CCCn1nc(C)c(CCNC)c1C. The van der Waals surface area contributed by atoms with E-state index in [9.17, 15) is 0 Å². The highest BCUT2D eigenvalue weighted by Gasteiger charge is 2.09. The third kappa shape index (κ3) is 2.35. The number of hydrogen-bond acceptors (Lipinski definition) is 2. The predicted molar refractivity (Wildman–Crippen MR) is 59.6 cm³/mol. The molecule has 0 aromatic carbocycles. The van der Waals surface area contributed by atoms with Crippen LogP contribution in [0.4, 0.5) is 0 Å². The Morgan fingerprint density at radius 1 is 1.36 bits per heavy atom. The molecule has 0 aliphatic heterocycles. The summed E-state index contributed by atoms with van der Waals surface area (Å²) in [6.07, 6.45) is 2.23. The highest BCUT2D eigenvalue weighted by atomic mass is 15.3. The van der Waals surface area contributed by atoms with E-state index >= 15 is 0 Å². The Hall–Kier alpha value is -0.830. The Morgan fingerprint density at radius 3 is 2.64 bits per heavy atom. The summed E-state index contributed by atoms with van der Waals surface area (Å²) in [5, 5.41) is 7.72. The summed E-state index contributed by atoms with van der Waals surface area (Å²) < 4.78 is 2.13. The molecule has 0 atom stereocenters. The average molecular weight is 195 g/mol. The second-order valence-electron chi connectivity index (χ2n) is 3.73. The van der Waals surface area contributed by atoms with Crippen molar-refractivity contribution >= 4 is 0 Å². The highest BCUT2D eigenvalue weighted by molar-refractivity contribution is 5.24. The van der Waals surface area contributed by atoms with Crippen LogP contribution in [0.3, 0.4) is 0 Å². The van der Waals surface area contributed by atoms with Crippen LogP contribution in [-0.2, 0) is 13.0 Å². The van der Waals surface area contributed by atoms with Crippen molar-refractivity contribution in [2.45, 2.75) is 40.2 Å². The monoisotopic (exact) mass is 195 g/mol. The Labute approximate surface area is 86.5 Å². The van der Waals surface area contributed by atoms with Crippen LogP contribution in [0.1, 0.15) is 30.3 Å². The van der Waals surface area contributed by atoms with Gasteiger partial charge in [0, 0.05) is 12.2 Å². The minimum Gasteiger partial charge on any atom is -0.319 e. The smallest absolute Gasteiger partial charge is 0.0628 e. The van der Waals surface area contributed by atoms with Crippen LogP contribution in [-0.4, -0.2) is 23.4 Å². The molecule has 0 spiro atoms. The standard InChI is InChI=1S/C11H21N3/c1-5-8-14-10(3)11(6-7-12-4)9(2)13-14/h12H,5-8H2,1-4H3.